The molecule has 0 aliphatic carbocycles. The number of ether oxygens (including phenoxy) is 7. The Morgan fingerprint density at radius 1 is 0.698 bits per heavy atom. The molecule has 0 radical (unpaired) electrons. The maximum absolute atomic E-state index is 13.6. The van der Waals surface area contributed by atoms with E-state index in [-0.39, 0.29) is 31.4 Å². The molecule has 2 aliphatic rings. The van der Waals surface area contributed by atoms with Crippen molar-refractivity contribution in [2.45, 2.75) is 38.4 Å². The van der Waals surface area contributed by atoms with Crippen LogP contribution in [0, 0.1) is 0 Å². The number of hydrogen-bond donors (Lipinski definition) is 1. The molecule has 0 saturated carbocycles. The van der Waals surface area contributed by atoms with Crippen molar-refractivity contribution in [2.75, 3.05) is 97.4 Å². The van der Waals surface area contributed by atoms with Gasteiger partial charge >= 0.3 is 11.9 Å². The lowest BCUT2D eigenvalue weighted by Gasteiger charge is -2.37. The van der Waals surface area contributed by atoms with E-state index < -0.39 is 17.2 Å². The summed E-state index contributed by atoms with van der Waals surface area (Å²) in [6.07, 6.45) is 0.202. The van der Waals surface area contributed by atoms with Crippen LogP contribution in [0.1, 0.15) is 64.6 Å². The molecule has 13 heteroatoms. The maximum atomic E-state index is 13.6. The molecule has 3 aromatic carbocycles. The number of nitrogens with one attached hydrogen (secondary N) is 1. The van der Waals surface area contributed by atoms with E-state index in [2.05, 4.69) is 5.32 Å². The Kier molecular flexibility index (Phi) is 13.0. The summed E-state index contributed by atoms with van der Waals surface area (Å²) >= 11 is 0. The van der Waals surface area contributed by atoms with Gasteiger partial charge in [0.15, 0.2) is 5.60 Å². The van der Waals surface area contributed by atoms with E-state index in [9.17, 15) is 14.4 Å². The first kappa shape index (κ1) is 39.5. The maximum Gasteiger partial charge on any atom is 0.340 e. The van der Waals surface area contributed by atoms with Crippen LogP contribution in [0.4, 0.5) is 11.4 Å². The van der Waals surface area contributed by atoms with Crippen molar-refractivity contribution in [3.8, 4) is 11.5 Å². The smallest absolute Gasteiger partial charge is 0.340 e. The zero-order valence-electron chi connectivity index (χ0n) is 31.7. The van der Waals surface area contributed by atoms with Gasteiger partial charge in [0.05, 0.1) is 64.8 Å². The van der Waals surface area contributed by atoms with E-state index in [4.69, 9.17) is 33.2 Å². The number of benzene rings is 3. The summed E-state index contributed by atoms with van der Waals surface area (Å²) in [5, 5.41) is 2.85. The van der Waals surface area contributed by atoms with E-state index in [0.29, 0.717) is 85.6 Å². The van der Waals surface area contributed by atoms with E-state index in [1.807, 2.05) is 95.2 Å². The standard InChI is InChI=1S/C40H51N3O10/c1-39(2,3)52-36(44)14-16-47-18-20-49-22-23-50-21-19-48-17-15-41-37(45)27-8-11-31-30(24-27)38(46)53-40(31)32-12-9-28(42(4)5)25-34(32)51-35-26-29(43(6)7)10-13-33(35)40/h8-13,24-26H,14-23H2,1-7H3,(H,41,45). The fraction of sp³-hybridized carbons (Fsp3) is 0.475. The first-order chi connectivity index (χ1) is 25.3. The second-order valence-corrected chi connectivity index (χ2v) is 14.1. The van der Waals surface area contributed by atoms with Crippen molar-refractivity contribution in [3.63, 3.8) is 0 Å². The Bertz CT molecular complexity index is 1710. The van der Waals surface area contributed by atoms with Crippen LogP contribution in [0.25, 0.3) is 0 Å². The predicted octanol–water partition coefficient (Wildman–Crippen LogP) is 4.91. The average Bonchev–Trinajstić information content (AvgIpc) is 3.40. The van der Waals surface area contributed by atoms with Crippen molar-refractivity contribution < 1.29 is 47.5 Å². The number of amides is 1. The molecule has 0 unspecified atom stereocenters. The molecule has 1 spiro atoms. The van der Waals surface area contributed by atoms with Gasteiger partial charge in [-0.2, -0.15) is 0 Å². The van der Waals surface area contributed by atoms with Crippen LogP contribution in [0.2, 0.25) is 0 Å². The van der Waals surface area contributed by atoms with Gasteiger partial charge in [-0.1, -0.05) is 6.07 Å². The molecule has 0 saturated heterocycles. The first-order valence-corrected chi connectivity index (χ1v) is 17.8. The van der Waals surface area contributed by atoms with Gasteiger partial charge in [0, 0.05) is 80.5 Å². The Balaban J connectivity index is 1.07. The van der Waals surface area contributed by atoms with Crippen molar-refractivity contribution >= 4 is 29.2 Å². The largest absolute Gasteiger partial charge is 0.460 e. The summed E-state index contributed by atoms with van der Waals surface area (Å²) in [5.41, 5.74) is 2.89. The molecule has 1 N–H and O–H groups in total. The number of fused-ring (bicyclic) bond motifs is 6. The van der Waals surface area contributed by atoms with Gasteiger partial charge < -0.3 is 48.3 Å². The van der Waals surface area contributed by atoms with Crippen LogP contribution in [0.3, 0.4) is 0 Å². The fourth-order valence-electron chi connectivity index (χ4n) is 6.05. The highest BCUT2D eigenvalue weighted by Gasteiger charge is 2.53. The number of carbonyl (C=O) groups excluding carboxylic acids is 3. The van der Waals surface area contributed by atoms with E-state index in [1.54, 1.807) is 18.2 Å². The number of hydrogen-bond acceptors (Lipinski definition) is 12. The summed E-state index contributed by atoms with van der Waals surface area (Å²) in [6, 6.07) is 16.8. The van der Waals surface area contributed by atoms with E-state index in [0.717, 1.165) is 11.4 Å². The van der Waals surface area contributed by atoms with Crippen LogP contribution in [-0.2, 0) is 38.8 Å². The second kappa shape index (κ2) is 17.4. The number of anilines is 2. The van der Waals surface area contributed by atoms with Crippen molar-refractivity contribution in [2.24, 2.45) is 0 Å². The van der Waals surface area contributed by atoms with E-state index >= 15 is 0 Å². The van der Waals surface area contributed by atoms with Gasteiger partial charge in [-0.05, 0) is 57.2 Å². The SMILES string of the molecule is CN(C)c1ccc2c(c1)Oc1cc(N(C)C)ccc1C21OC(=O)c2cc(C(=O)NCCOCCOCCOCCOCCC(=O)OC(C)(C)C)ccc21. The van der Waals surface area contributed by atoms with Crippen LogP contribution in [-0.4, -0.2) is 111 Å². The molecule has 0 aromatic heterocycles. The van der Waals surface area contributed by atoms with Gasteiger partial charge in [0.1, 0.15) is 17.1 Å². The third kappa shape index (κ3) is 9.65. The molecule has 0 fully saturated rings. The molecule has 1 amide bonds. The number of carbonyl (C=O) groups is 3. The quantitative estimate of drug-likeness (QED) is 0.141. The predicted molar refractivity (Wildman–Crippen MR) is 199 cm³/mol. The Labute approximate surface area is 311 Å². The third-order valence-corrected chi connectivity index (χ3v) is 8.59. The highest BCUT2D eigenvalue weighted by Crippen LogP contribution is 2.57. The molecule has 3 aromatic rings. The molecule has 286 valence electrons. The van der Waals surface area contributed by atoms with Gasteiger partial charge in [0.25, 0.3) is 5.91 Å². The Morgan fingerprint density at radius 3 is 1.74 bits per heavy atom. The minimum atomic E-state index is -1.24. The molecule has 5 rings (SSSR count). The Hall–Kier alpha value is -4.69. The van der Waals surface area contributed by atoms with Crippen LogP contribution in [0.5, 0.6) is 11.5 Å². The zero-order valence-corrected chi connectivity index (χ0v) is 31.7. The van der Waals surface area contributed by atoms with Gasteiger partial charge in [0.2, 0.25) is 0 Å². The monoisotopic (exact) mass is 733 g/mol. The van der Waals surface area contributed by atoms with Crippen LogP contribution >= 0.6 is 0 Å². The van der Waals surface area contributed by atoms with Gasteiger partial charge in [-0.15, -0.1) is 0 Å². The number of nitrogens with zero attached hydrogens (tertiary/aromatic N) is 2. The second-order valence-electron chi connectivity index (χ2n) is 14.1. The highest BCUT2D eigenvalue weighted by molar-refractivity contribution is 6.01. The lowest BCUT2D eigenvalue weighted by atomic mass is 9.77. The van der Waals surface area contributed by atoms with Gasteiger partial charge in [-0.3, -0.25) is 9.59 Å². The number of rotatable bonds is 18. The first-order valence-electron chi connectivity index (χ1n) is 17.8. The van der Waals surface area contributed by atoms with E-state index in [1.165, 1.54) is 0 Å². The van der Waals surface area contributed by atoms with Crippen LogP contribution in [0.15, 0.2) is 54.6 Å². The molecule has 53 heavy (non-hydrogen) atoms. The molecule has 0 bridgehead atoms. The minimum Gasteiger partial charge on any atom is -0.460 e. The fourth-order valence-corrected chi connectivity index (χ4v) is 6.05. The molecular weight excluding hydrogens is 682 g/mol. The lowest BCUT2D eigenvalue weighted by Crippen LogP contribution is -2.33. The highest BCUT2D eigenvalue weighted by atomic mass is 16.6. The third-order valence-electron chi connectivity index (χ3n) is 8.59. The summed E-state index contributed by atoms with van der Waals surface area (Å²) in [6.45, 7) is 8.65. The summed E-state index contributed by atoms with van der Waals surface area (Å²) in [7, 11) is 7.81. The van der Waals surface area contributed by atoms with Crippen molar-refractivity contribution in [1.82, 2.24) is 5.32 Å². The number of esters is 2. The molecule has 0 atom stereocenters. The Morgan fingerprint density at radius 2 is 1.21 bits per heavy atom. The normalized spacial score (nSPS) is 13.8. The lowest BCUT2D eigenvalue weighted by molar-refractivity contribution is -0.156. The minimum absolute atomic E-state index is 0.202. The van der Waals surface area contributed by atoms with Crippen molar-refractivity contribution in [3.05, 3.63) is 82.4 Å². The average molecular weight is 734 g/mol. The summed E-state index contributed by atoms with van der Waals surface area (Å²) in [4.78, 5) is 42.3. The molecule has 13 nitrogen and oxygen atoms in total. The molecule has 2 heterocycles. The zero-order chi connectivity index (χ0) is 38.2. The molecule has 2 aliphatic heterocycles. The van der Waals surface area contributed by atoms with Gasteiger partial charge in [-0.25, -0.2) is 4.79 Å². The molecular formula is C40H51N3O10. The van der Waals surface area contributed by atoms with Crippen molar-refractivity contribution in [1.29, 1.82) is 0 Å². The topological polar surface area (TPSA) is 134 Å². The summed E-state index contributed by atoms with van der Waals surface area (Å²) < 4.78 is 40.0. The summed E-state index contributed by atoms with van der Waals surface area (Å²) in [5.74, 6) is 0.0579. The van der Waals surface area contributed by atoms with Crippen LogP contribution < -0.4 is 19.9 Å².